The molecule has 0 aromatic heterocycles. The molecule has 2 rings (SSSR count). The lowest BCUT2D eigenvalue weighted by molar-refractivity contribution is 0.184. The minimum Gasteiger partial charge on any atom is -0.380 e. The molecule has 2 unspecified atom stereocenters. The standard InChI is InChI=1S/C15H23NO/c1-3-6-12-9-15(12)16-10-13-7-4-5-8-14(13)11-17-2/h4-5,7-8,12,15-16H,3,6,9-11H2,1-2H3. The van der Waals surface area contributed by atoms with Gasteiger partial charge in [-0.3, -0.25) is 0 Å². The molecule has 1 N–H and O–H groups in total. The summed E-state index contributed by atoms with van der Waals surface area (Å²) in [5.74, 6) is 0.926. The second-order valence-corrected chi connectivity index (χ2v) is 4.97. The van der Waals surface area contributed by atoms with Crippen LogP contribution in [0.15, 0.2) is 24.3 Å². The number of rotatable bonds is 7. The Labute approximate surface area is 104 Å². The van der Waals surface area contributed by atoms with Gasteiger partial charge in [-0.1, -0.05) is 37.6 Å². The molecule has 1 aromatic carbocycles. The highest BCUT2D eigenvalue weighted by Crippen LogP contribution is 2.34. The summed E-state index contributed by atoms with van der Waals surface area (Å²) in [5.41, 5.74) is 2.67. The molecule has 1 aromatic rings. The average molecular weight is 233 g/mol. The van der Waals surface area contributed by atoms with Crippen LogP contribution >= 0.6 is 0 Å². The number of ether oxygens (including phenoxy) is 1. The normalized spacial score (nSPS) is 22.7. The van der Waals surface area contributed by atoms with Gasteiger partial charge in [0.15, 0.2) is 0 Å². The zero-order chi connectivity index (χ0) is 12.1. The van der Waals surface area contributed by atoms with Crippen molar-refractivity contribution in [1.82, 2.24) is 5.32 Å². The van der Waals surface area contributed by atoms with E-state index in [1.807, 2.05) is 0 Å². The summed E-state index contributed by atoms with van der Waals surface area (Å²) in [7, 11) is 1.75. The summed E-state index contributed by atoms with van der Waals surface area (Å²) in [5, 5.41) is 3.65. The van der Waals surface area contributed by atoms with Crippen LogP contribution in [0, 0.1) is 5.92 Å². The van der Waals surface area contributed by atoms with Crippen LogP contribution in [0.2, 0.25) is 0 Å². The highest BCUT2D eigenvalue weighted by atomic mass is 16.5. The molecule has 17 heavy (non-hydrogen) atoms. The topological polar surface area (TPSA) is 21.3 Å². The monoisotopic (exact) mass is 233 g/mol. The summed E-state index contributed by atoms with van der Waals surface area (Å²) in [6.45, 7) is 3.95. The fraction of sp³-hybridized carbons (Fsp3) is 0.600. The highest BCUT2D eigenvalue weighted by Gasteiger charge is 2.35. The van der Waals surface area contributed by atoms with Crippen LogP contribution in [0.25, 0.3) is 0 Å². The first-order valence-electron chi connectivity index (χ1n) is 6.64. The van der Waals surface area contributed by atoms with Crippen molar-refractivity contribution in [3.63, 3.8) is 0 Å². The maximum absolute atomic E-state index is 5.22. The van der Waals surface area contributed by atoms with Gasteiger partial charge >= 0.3 is 0 Å². The third-order valence-electron chi connectivity index (χ3n) is 3.55. The van der Waals surface area contributed by atoms with Crippen molar-refractivity contribution in [2.24, 2.45) is 5.92 Å². The number of hydrogen-bond acceptors (Lipinski definition) is 2. The largest absolute Gasteiger partial charge is 0.380 e. The molecule has 0 aliphatic heterocycles. The molecule has 1 fully saturated rings. The van der Waals surface area contributed by atoms with Gasteiger partial charge in [0, 0.05) is 19.7 Å². The molecular formula is C15H23NO. The molecular weight excluding hydrogens is 210 g/mol. The average Bonchev–Trinajstić information content (AvgIpc) is 3.08. The van der Waals surface area contributed by atoms with E-state index in [0.717, 1.165) is 18.5 Å². The van der Waals surface area contributed by atoms with Gasteiger partial charge < -0.3 is 10.1 Å². The van der Waals surface area contributed by atoms with Crippen molar-refractivity contribution >= 4 is 0 Å². The third kappa shape index (κ3) is 3.55. The first-order chi connectivity index (χ1) is 8.35. The number of nitrogens with one attached hydrogen (secondary N) is 1. The molecule has 2 nitrogen and oxygen atoms in total. The first-order valence-corrected chi connectivity index (χ1v) is 6.64. The molecule has 1 saturated carbocycles. The lowest BCUT2D eigenvalue weighted by Crippen LogP contribution is -2.18. The molecule has 94 valence electrons. The fourth-order valence-electron chi connectivity index (χ4n) is 2.45. The van der Waals surface area contributed by atoms with Crippen molar-refractivity contribution in [2.75, 3.05) is 7.11 Å². The van der Waals surface area contributed by atoms with Gasteiger partial charge in [-0.15, -0.1) is 0 Å². The molecule has 0 heterocycles. The lowest BCUT2D eigenvalue weighted by atomic mass is 10.1. The second kappa shape index (κ2) is 6.18. The van der Waals surface area contributed by atoms with Crippen molar-refractivity contribution < 1.29 is 4.74 Å². The van der Waals surface area contributed by atoms with E-state index < -0.39 is 0 Å². The Balaban J connectivity index is 1.82. The van der Waals surface area contributed by atoms with Crippen LogP contribution in [-0.4, -0.2) is 13.2 Å². The molecule has 0 amide bonds. The van der Waals surface area contributed by atoms with Crippen LogP contribution in [0.1, 0.15) is 37.3 Å². The molecule has 0 spiro atoms. The Morgan fingerprint density at radius 1 is 1.29 bits per heavy atom. The Morgan fingerprint density at radius 2 is 2.06 bits per heavy atom. The summed E-state index contributed by atoms with van der Waals surface area (Å²) in [6.07, 6.45) is 4.04. The van der Waals surface area contributed by atoms with E-state index >= 15 is 0 Å². The van der Waals surface area contributed by atoms with E-state index in [1.54, 1.807) is 7.11 Å². The van der Waals surface area contributed by atoms with E-state index in [9.17, 15) is 0 Å². The minimum absolute atomic E-state index is 0.709. The van der Waals surface area contributed by atoms with Crippen LogP contribution < -0.4 is 5.32 Å². The number of hydrogen-bond donors (Lipinski definition) is 1. The van der Waals surface area contributed by atoms with Gasteiger partial charge in [0.2, 0.25) is 0 Å². The Kier molecular flexibility index (Phi) is 4.57. The van der Waals surface area contributed by atoms with Crippen LogP contribution in [-0.2, 0) is 17.9 Å². The van der Waals surface area contributed by atoms with Crippen LogP contribution in [0.3, 0.4) is 0 Å². The summed E-state index contributed by atoms with van der Waals surface area (Å²) < 4.78 is 5.22. The zero-order valence-corrected chi connectivity index (χ0v) is 10.9. The van der Waals surface area contributed by atoms with E-state index in [1.165, 1.54) is 30.4 Å². The first kappa shape index (κ1) is 12.6. The molecule has 2 heteroatoms. The molecule has 0 saturated heterocycles. The van der Waals surface area contributed by atoms with E-state index in [2.05, 4.69) is 36.5 Å². The van der Waals surface area contributed by atoms with E-state index in [4.69, 9.17) is 4.74 Å². The van der Waals surface area contributed by atoms with Gasteiger partial charge in [0.1, 0.15) is 0 Å². The summed E-state index contributed by atoms with van der Waals surface area (Å²) in [6, 6.07) is 9.28. The van der Waals surface area contributed by atoms with Gasteiger partial charge in [0.05, 0.1) is 6.61 Å². The second-order valence-electron chi connectivity index (χ2n) is 4.97. The van der Waals surface area contributed by atoms with E-state index in [0.29, 0.717) is 6.61 Å². The fourth-order valence-corrected chi connectivity index (χ4v) is 2.45. The van der Waals surface area contributed by atoms with Crippen molar-refractivity contribution in [3.05, 3.63) is 35.4 Å². The number of methoxy groups -OCH3 is 1. The maximum Gasteiger partial charge on any atom is 0.0716 e. The zero-order valence-electron chi connectivity index (χ0n) is 10.9. The third-order valence-corrected chi connectivity index (χ3v) is 3.55. The SMILES string of the molecule is CCCC1CC1NCc1ccccc1COC. The van der Waals surface area contributed by atoms with Gasteiger partial charge in [0.25, 0.3) is 0 Å². The Bertz CT molecular complexity index is 351. The van der Waals surface area contributed by atoms with Gasteiger partial charge in [-0.05, 0) is 29.9 Å². The smallest absolute Gasteiger partial charge is 0.0716 e. The Hall–Kier alpha value is -0.860. The minimum atomic E-state index is 0.709. The van der Waals surface area contributed by atoms with Crippen molar-refractivity contribution in [2.45, 2.75) is 45.4 Å². The Morgan fingerprint density at radius 3 is 2.76 bits per heavy atom. The summed E-state index contributed by atoms with van der Waals surface area (Å²) in [4.78, 5) is 0. The van der Waals surface area contributed by atoms with Gasteiger partial charge in [-0.2, -0.15) is 0 Å². The maximum atomic E-state index is 5.22. The quantitative estimate of drug-likeness (QED) is 0.781. The van der Waals surface area contributed by atoms with Crippen LogP contribution in [0.5, 0.6) is 0 Å². The summed E-state index contributed by atoms with van der Waals surface area (Å²) >= 11 is 0. The van der Waals surface area contributed by atoms with Crippen molar-refractivity contribution in [3.8, 4) is 0 Å². The van der Waals surface area contributed by atoms with Gasteiger partial charge in [-0.25, -0.2) is 0 Å². The molecule has 1 aliphatic carbocycles. The predicted molar refractivity (Wildman–Crippen MR) is 70.8 cm³/mol. The molecule has 2 atom stereocenters. The molecule has 0 bridgehead atoms. The van der Waals surface area contributed by atoms with Crippen LogP contribution in [0.4, 0.5) is 0 Å². The molecule has 0 radical (unpaired) electrons. The van der Waals surface area contributed by atoms with E-state index in [-0.39, 0.29) is 0 Å². The lowest BCUT2D eigenvalue weighted by Gasteiger charge is -2.09. The molecule has 1 aliphatic rings. The predicted octanol–water partition coefficient (Wildman–Crippen LogP) is 3.11. The number of benzene rings is 1. The van der Waals surface area contributed by atoms with Crippen molar-refractivity contribution in [1.29, 1.82) is 0 Å². The highest BCUT2D eigenvalue weighted by molar-refractivity contribution is 5.26.